The maximum Gasteiger partial charge on any atom is -0.0326 e. The lowest BCUT2D eigenvalue weighted by Crippen LogP contribution is -2.08. The van der Waals surface area contributed by atoms with Crippen molar-refractivity contribution in [3.8, 4) is 0 Å². The second-order valence-electron chi connectivity index (χ2n) is 7.12. The Morgan fingerprint density at radius 2 is 1.10 bits per heavy atom. The van der Waals surface area contributed by atoms with Gasteiger partial charge in [-0.2, -0.15) is 0 Å². The zero-order valence-electron chi connectivity index (χ0n) is 15.6. The van der Waals surface area contributed by atoms with Crippen LogP contribution in [0, 0.1) is 18.3 Å². The lowest BCUT2D eigenvalue weighted by molar-refractivity contribution is 0.409. The van der Waals surface area contributed by atoms with Crippen LogP contribution < -0.4 is 0 Å². The summed E-state index contributed by atoms with van der Waals surface area (Å²) in [7, 11) is 0. The molecule has 0 amide bonds. The zero-order chi connectivity index (χ0) is 15.8. The summed E-state index contributed by atoms with van der Waals surface area (Å²) in [4.78, 5) is 0. The van der Waals surface area contributed by atoms with Gasteiger partial charge in [0, 0.05) is 0 Å². The molecule has 0 fully saturated rings. The topological polar surface area (TPSA) is 0 Å². The Balaban J connectivity index is 3.65. The van der Waals surface area contributed by atoms with Crippen LogP contribution in [0.2, 0.25) is 0 Å². The Bertz CT molecular complexity index is 184. The normalized spacial score (nSPS) is 14.3. The van der Waals surface area contributed by atoms with E-state index in [4.69, 9.17) is 0 Å². The SMILES string of the molecule is CCCCCCCCC(C)[CH]C(CCC)CCCCCC. The van der Waals surface area contributed by atoms with Crippen molar-refractivity contribution >= 4 is 0 Å². The van der Waals surface area contributed by atoms with E-state index in [1.165, 1.54) is 89.9 Å². The van der Waals surface area contributed by atoms with Crippen molar-refractivity contribution in [3.63, 3.8) is 0 Å². The molecule has 0 spiro atoms. The van der Waals surface area contributed by atoms with Crippen molar-refractivity contribution in [1.29, 1.82) is 0 Å². The van der Waals surface area contributed by atoms with Gasteiger partial charge in [0.25, 0.3) is 0 Å². The fraction of sp³-hybridized carbons (Fsp3) is 0.952. The Morgan fingerprint density at radius 3 is 1.71 bits per heavy atom. The van der Waals surface area contributed by atoms with Crippen LogP contribution in [-0.2, 0) is 0 Å². The molecule has 2 unspecified atom stereocenters. The second kappa shape index (κ2) is 16.4. The maximum atomic E-state index is 2.70. The van der Waals surface area contributed by atoms with Crippen LogP contribution in [0.15, 0.2) is 0 Å². The van der Waals surface area contributed by atoms with E-state index >= 15 is 0 Å². The van der Waals surface area contributed by atoms with E-state index < -0.39 is 0 Å². The van der Waals surface area contributed by atoms with Crippen LogP contribution in [-0.4, -0.2) is 0 Å². The van der Waals surface area contributed by atoms with Crippen molar-refractivity contribution < 1.29 is 0 Å². The summed E-state index contributed by atoms with van der Waals surface area (Å²) in [5.74, 6) is 1.72. The van der Waals surface area contributed by atoms with Gasteiger partial charge in [0.05, 0.1) is 0 Å². The molecule has 1 radical (unpaired) electrons. The van der Waals surface area contributed by atoms with Gasteiger partial charge in [0.15, 0.2) is 0 Å². The standard InChI is InChI=1S/C21H43/c1-5-8-10-12-13-14-17-20(4)19-21(16-7-3)18-15-11-9-6-2/h19-21H,5-18H2,1-4H3. The summed E-state index contributed by atoms with van der Waals surface area (Å²) in [6, 6.07) is 0. The van der Waals surface area contributed by atoms with E-state index in [1.807, 2.05) is 0 Å². The van der Waals surface area contributed by atoms with Gasteiger partial charge in [0.2, 0.25) is 0 Å². The molecule has 0 aromatic carbocycles. The van der Waals surface area contributed by atoms with E-state index in [2.05, 4.69) is 34.1 Å². The first-order chi connectivity index (χ1) is 10.2. The van der Waals surface area contributed by atoms with Crippen molar-refractivity contribution in [2.45, 2.75) is 118 Å². The number of hydrogen-bond acceptors (Lipinski definition) is 0. The Kier molecular flexibility index (Phi) is 16.4. The predicted octanol–water partition coefficient (Wildman–Crippen LogP) is 7.96. The van der Waals surface area contributed by atoms with Crippen LogP contribution >= 0.6 is 0 Å². The molecule has 0 nitrogen and oxygen atoms in total. The summed E-state index contributed by atoms with van der Waals surface area (Å²) in [5, 5.41) is 0. The molecule has 0 aliphatic rings. The highest BCUT2D eigenvalue weighted by Gasteiger charge is 2.12. The zero-order valence-corrected chi connectivity index (χ0v) is 15.6. The third kappa shape index (κ3) is 14.7. The molecule has 0 aromatic heterocycles. The van der Waals surface area contributed by atoms with Gasteiger partial charge in [-0.15, -0.1) is 0 Å². The van der Waals surface area contributed by atoms with Gasteiger partial charge in [-0.3, -0.25) is 0 Å². The van der Waals surface area contributed by atoms with Gasteiger partial charge in [-0.25, -0.2) is 0 Å². The van der Waals surface area contributed by atoms with Gasteiger partial charge >= 0.3 is 0 Å². The molecule has 0 rings (SSSR count). The van der Waals surface area contributed by atoms with Crippen LogP contribution in [0.1, 0.15) is 118 Å². The average molecular weight is 296 g/mol. The molecule has 21 heavy (non-hydrogen) atoms. The molecule has 0 aliphatic carbocycles. The van der Waals surface area contributed by atoms with E-state index in [1.54, 1.807) is 0 Å². The van der Waals surface area contributed by atoms with Crippen LogP contribution in [0.25, 0.3) is 0 Å². The van der Waals surface area contributed by atoms with E-state index in [0.717, 1.165) is 11.8 Å². The quantitative estimate of drug-likeness (QED) is 0.253. The Labute approximate surface area is 136 Å². The summed E-state index contributed by atoms with van der Waals surface area (Å²) >= 11 is 0. The molecular formula is C21H43. The number of hydrogen-bond donors (Lipinski definition) is 0. The molecule has 2 atom stereocenters. The molecule has 0 bridgehead atoms. The summed E-state index contributed by atoms with van der Waals surface area (Å²) in [5.41, 5.74) is 0. The van der Waals surface area contributed by atoms with Crippen molar-refractivity contribution in [3.05, 3.63) is 6.42 Å². The fourth-order valence-corrected chi connectivity index (χ4v) is 3.35. The smallest absolute Gasteiger partial charge is 0.0326 e. The van der Waals surface area contributed by atoms with Crippen LogP contribution in [0.5, 0.6) is 0 Å². The monoisotopic (exact) mass is 295 g/mol. The number of unbranched alkanes of at least 4 members (excludes halogenated alkanes) is 8. The maximum absolute atomic E-state index is 2.70. The predicted molar refractivity (Wildman–Crippen MR) is 98.6 cm³/mol. The highest BCUT2D eigenvalue weighted by atomic mass is 14.2. The highest BCUT2D eigenvalue weighted by molar-refractivity contribution is 4.81. The third-order valence-corrected chi connectivity index (χ3v) is 4.70. The lowest BCUT2D eigenvalue weighted by atomic mass is 9.85. The van der Waals surface area contributed by atoms with Crippen molar-refractivity contribution in [2.24, 2.45) is 11.8 Å². The molecule has 0 saturated carbocycles. The lowest BCUT2D eigenvalue weighted by Gasteiger charge is -2.20. The van der Waals surface area contributed by atoms with Gasteiger partial charge in [0.1, 0.15) is 0 Å². The minimum Gasteiger partial charge on any atom is -0.0654 e. The molecule has 0 aliphatic heterocycles. The second-order valence-corrected chi connectivity index (χ2v) is 7.12. The van der Waals surface area contributed by atoms with E-state index in [0.29, 0.717) is 0 Å². The summed E-state index contributed by atoms with van der Waals surface area (Å²) in [6.45, 7) is 9.38. The first-order valence-corrected chi connectivity index (χ1v) is 10.1. The third-order valence-electron chi connectivity index (χ3n) is 4.70. The molecular weight excluding hydrogens is 252 g/mol. The highest BCUT2D eigenvalue weighted by Crippen LogP contribution is 2.25. The molecule has 0 heterocycles. The minimum absolute atomic E-state index is 0.832. The molecule has 0 saturated heterocycles. The summed E-state index contributed by atoms with van der Waals surface area (Å²) < 4.78 is 0. The average Bonchev–Trinajstić information content (AvgIpc) is 2.47. The molecule has 0 heteroatoms. The first-order valence-electron chi connectivity index (χ1n) is 10.1. The largest absolute Gasteiger partial charge is 0.0654 e. The van der Waals surface area contributed by atoms with Crippen LogP contribution in [0.4, 0.5) is 0 Å². The fourth-order valence-electron chi connectivity index (χ4n) is 3.35. The minimum atomic E-state index is 0.832. The first kappa shape index (κ1) is 21.0. The molecule has 0 aromatic rings. The molecule has 127 valence electrons. The molecule has 0 N–H and O–H groups in total. The Hall–Kier alpha value is 0. The van der Waals surface area contributed by atoms with E-state index in [9.17, 15) is 0 Å². The number of rotatable bonds is 16. The van der Waals surface area contributed by atoms with Crippen molar-refractivity contribution in [2.75, 3.05) is 0 Å². The van der Waals surface area contributed by atoms with Crippen molar-refractivity contribution in [1.82, 2.24) is 0 Å². The van der Waals surface area contributed by atoms with Crippen LogP contribution in [0.3, 0.4) is 0 Å². The van der Waals surface area contributed by atoms with Gasteiger partial charge < -0.3 is 0 Å². The summed E-state index contributed by atoms with van der Waals surface area (Å²) in [6.07, 6.45) is 22.6. The van der Waals surface area contributed by atoms with E-state index in [-0.39, 0.29) is 0 Å². The van der Waals surface area contributed by atoms with Gasteiger partial charge in [-0.05, 0) is 18.3 Å². The Morgan fingerprint density at radius 1 is 0.571 bits per heavy atom. The van der Waals surface area contributed by atoms with Gasteiger partial charge in [-0.1, -0.05) is 118 Å².